The summed E-state index contributed by atoms with van der Waals surface area (Å²) >= 11 is 0. The van der Waals surface area contributed by atoms with E-state index in [4.69, 9.17) is 14.2 Å². The predicted molar refractivity (Wildman–Crippen MR) is 115 cm³/mol. The fourth-order valence-electron chi connectivity index (χ4n) is 4.05. The van der Waals surface area contributed by atoms with E-state index in [2.05, 4.69) is 11.8 Å². The van der Waals surface area contributed by atoms with E-state index in [9.17, 15) is 5.11 Å². The van der Waals surface area contributed by atoms with Crippen molar-refractivity contribution in [3.8, 4) is 17.2 Å². The minimum absolute atomic E-state index is 0.395. The number of benzene rings is 2. The Kier molecular flexibility index (Phi) is 7.78. The molecule has 2 aromatic rings. The molecule has 0 bridgehead atoms. The predicted octanol–water partition coefficient (Wildman–Crippen LogP) is 4.44. The van der Waals surface area contributed by atoms with Crippen LogP contribution >= 0.6 is 0 Å². The Balaban J connectivity index is 1.82. The lowest BCUT2D eigenvalue weighted by molar-refractivity contribution is 0.0809. The Morgan fingerprint density at radius 2 is 1.86 bits per heavy atom. The first-order chi connectivity index (χ1) is 14.2. The minimum Gasteiger partial charge on any atom is -0.493 e. The number of likely N-dealkylation sites (tertiary alicyclic amines) is 1. The van der Waals surface area contributed by atoms with Gasteiger partial charge in [-0.25, -0.2) is 0 Å². The van der Waals surface area contributed by atoms with Crippen molar-refractivity contribution >= 4 is 0 Å². The first kappa shape index (κ1) is 21.5. The number of ether oxygens (including phenoxy) is 3. The molecule has 0 saturated carbocycles. The Morgan fingerprint density at radius 3 is 2.55 bits per heavy atom. The SMILES string of the molecule is CC[C@@H]1CCCN(CC(O)c2ccc(OC)c(OC)c2OCc2ccccc2)C1. The number of hydrogen-bond donors (Lipinski definition) is 1. The molecule has 0 aliphatic carbocycles. The molecule has 0 amide bonds. The number of nitrogens with zero attached hydrogens (tertiary/aromatic N) is 1. The lowest BCUT2D eigenvalue weighted by atomic mass is 9.95. The van der Waals surface area contributed by atoms with Gasteiger partial charge in [-0.05, 0) is 43.0 Å². The van der Waals surface area contributed by atoms with Crippen LogP contribution in [0.5, 0.6) is 17.2 Å². The van der Waals surface area contributed by atoms with Crippen molar-refractivity contribution in [1.29, 1.82) is 0 Å². The summed E-state index contributed by atoms with van der Waals surface area (Å²) in [6.45, 7) is 5.30. The van der Waals surface area contributed by atoms with Gasteiger partial charge in [0.05, 0.1) is 20.3 Å². The molecule has 1 heterocycles. The molecule has 1 fully saturated rings. The molecular weight excluding hydrogens is 366 g/mol. The van der Waals surface area contributed by atoms with Gasteiger partial charge in [-0.3, -0.25) is 0 Å². The highest BCUT2D eigenvalue weighted by Gasteiger charge is 2.25. The van der Waals surface area contributed by atoms with Crippen LogP contribution in [0.25, 0.3) is 0 Å². The van der Waals surface area contributed by atoms with E-state index in [1.54, 1.807) is 14.2 Å². The van der Waals surface area contributed by atoms with Gasteiger partial charge in [-0.15, -0.1) is 0 Å². The largest absolute Gasteiger partial charge is 0.493 e. The molecular formula is C24H33NO4. The molecule has 0 spiro atoms. The zero-order valence-corrected chi connectivity index (χ0v) is 17.8. The quantitative estimate of drug-likeness (QED) is 0.676. The van der Waals surface area contributed by atoms with Crippen LogP contribution < -0.4 is 14.2 Å². The summed E-state index contributed by atoms with van der Waals surface area (Å²) in [4.78, 5) is 2.36. The number of β-amino-alcohol motifs (C(OH)–C–C–N with tert-alkyl or cyclic N) is 1. The van der Waals surface area contributed by atoms with Crippen molar-refractivity contribution in [2.75, 3.05) is 33.9 Å². The first-order valence-electron chi connectivity index (χ1n) is 10.5. The van der Waals surface area contributed by atoms with Crippen LogP contribution in [-0.4, -0.2) is 43.9 Å². The second kappa shape index (κ2) is 10.5. The molecule has 158 valence electrons. The standard InChI is InChI=1S/C24H33NO4/c1-4-18-11-8-14-25(15-18)16-21(26)20-12-13-22(27-2)24(28-3)23(20)29-17-19-9-6-5-7-10-19/h5-7,9-10,12-13,18,21,26H,4,8,11,14-17H2,1-3H3/t18-,21?/m1/s1. The van der Waals surface area contributed by atoms with E-state index in [1.807, 2.05) is 42.5 Å². The Bertz CT molecular complexity index is 765. The van der Waals surface area contributed by atoms with Crippen LogP contribution in [-0.2, 0) is 6.61 Å². The molecule has 1 unspecified atom stereocenters. The average Bonchev–Trinajstić information content (AvgIpc) is 2.77. The van der Waals surface area contributed by atoms with Crippen LogP contribution in [0.15, 0.2) is 42.5 Å². The topological polar surface area (TPSA) is 51.2 Å². The first-order valence-corrected chi connectivity index (χ1v) is 10.5. The van der Waals surface area contributed by atoms with E-state index in [0.717, 1.165) is 30.1 Å². The highest BCUT2D eigenvalue weighted by atomic mass is 16.5. The fourth-order valence-corrected chi connectivity index (χ4v) is 4.05. The van der Waals surface area contributed by atoms with Gasteiger partial charge >= 0.3 is 0 Å². The molecule has 5 heteroatoms. The molecule has 5 nitrogen and oxygen atoms in total. The normalized spacial score (nSPS) is 18.3. The summed E-state index contributed by atoms with van der Waals surface area (Å²) in [6.07, 6.45) is 3.00. The fraction of sp³-hybridized carbons (Fsp3) is 0.500. The Morgan fingerprint density at radius 1 is 1.07 bits per heavy atom. The molecule has 2 atom stereocenters. The number of aliphatic hydroxyl groups excluding tert-OH is 1. The molecule has 0 aromatic heterocycles. The molecule has 1 N–H and O–H groups in total. The number of methoxy groups -OCH3 is 2. The molecule has 2 aromatic carbocycles. The van der Waals surface area contributed by atoms with Gasteiger partial charge in [0.1, 0.15) is 6.61 Å². The smallest absolute Gasteiger partial charge is 0.203 e. The molecule has 29 heavy (non-hydrogen) atoms. The van der Waals surface area contributed by atoms with Crippen LogP contribution in [0.3, 0.4) is 0 Å². The monoisotopic (exact) mass is 399 g/mol. The molecule has 1 aliphatic heterocycles. The van der Waals surface area contributed by atoms with Crippen molar-refractivity contribution in [1.82, 2.24) is 4.90 Å². The minimum atomic E-state index is -0.656. The van der Waals surface area contributed by atoms with Gasteiger partial charge in [-0.2, -0.15) is 0 Å². The summed E-state index contributed by atoms with van der Waals surface area (Å²) in [5.41, 5.74) is 1.79. The van der Waals surface area contributed by atoms with E-state index >= 15 is 0 Å². The van der Waals surface area contributed by atoms with Gasteiger partial charge in [-0.1, -0.05) is 43.7 Å². The van der Waals surface area contributed by atoms with Crippen molar-refractivity contribution in [2.45, 2.75) is 38.9 Å². The number of hydrogen-bond acceptors (Lipinski definition) is 5. The van der Waals surface area contributed by atoms with E-state index in [1.165, 1.54) is 19.3 Å². The Labute approximate surface area is 174 Å². The van der Waals surface area contributed by atoms with E-state index in [-0.39, 0.29) is 0 Å². The van der Waals surface area contributed by atoms with Crippen molar-refractivity contribution in [3.63, 3.8) is 0 Å². The lowest BCUT2D eigenvalue weighted by Gasteiger charge is -2.34. The molecule has 1 saturated heterocycles. The third kappa shape index (κ3) is 5.43. The van der Waals surface area contributed by atoms with Crippen molar-refractivity contribution in [2.24, 2.45) is 5.92 Å². The molecule has 1 aliphatic rings. The zero-order valence-electron chi connectivity index (χ0n) is 17.8. The Hall–Kier alpha value is -2.24. The van der Waals surface area contributed by atoms with Gasteiger partial charge in [0.25, 0.3) is 0 Å². The highest BCUT2D eigenvalue weighted by molar-refractivity contribution is 5.56. The number of rotatable bonds is 9. The summed E-state index contributed by atoms with van der Waals surface area (Å²) < 4.78 is 17.2. The highest BCUT2D eigenvalue weighted by Crippen LogP contribution is 2.43. The lowest BCUT2D eigenvalue weighted by Crippen LogP contribution is -2.38. The van der Waals surface area contributed by atoms with Gasteiger partial charge in [0.15, 0.2) is 11.5 Å². The van der Waals surface area contributed by atoms with Crippen molar-refractivity contribution < 1.29 is 19.3 Å². The number of piperidine rings is 1. The summed E-state index contributed by atoms with van der Waals surface area (Å²) in [5.74, 6) is 2.38. The zero-order chi connectivity index (χ0) is 20.6. The van der Waals surface area contributed by atoms with Gasteiger partial charge in [0, 0.05) is 18.7 Å². The van der Waals surface area contributed by atoms with E-state index < -0.39 is 6.10 Å². The molecule has 0 radical (unpaired) electrons. The van der Waals surface area contributed by atoms with Gasteiger partial charge < -0.3 is 24.2 Å². The maximum absolute atomic E-state index is 11.1. The molecule has 3 rings (SSSR count). The maximum Gasteiger partial charge on any atom is 0.203 e. The second-order valence-electron chi connectivity index (χ2n) is 7.69. The van der Waals surface area contributed by atoms with Crippen LogP contribution in [0, 0.1) is 5.92 Å². The third-order valence-electron chi connectivity index (χ3n) is 5.73. The van der Waals surface area contributed by atoms with Crippen LogP contribution in [0.1, 0.15) is 43.4 Å². The van der Waals surface area contributed by atoms with Crippen molar-refractivity contribution in [3.05, 3.63) is 53.6 Å². The summed E-state index contributed by atoms with van der Waals surface area (Å²) in [6, 6.07) is 13.7. The summed E-state index contributed by atoms with van der Waals surface area (Å²) in [7, 11) is 3.20. The van der Waals surface area contributed by atoms with E-state index in [0.29, 0.717) is 30.4 Å². The van der Waals surface area contributed by atoms with Gasteiger partial charge in [0.2, 0.25) is 5.75 Å². The number of aliphatic hydroxyl groups is 1. The third-order valence-corrected chi connectivity index (χ3v) is 5.73. The average molecular weight is 400 g/mol. The van der Waals surface area contributed by atoms with Crippen LogP contribution in [0.4, 0.5) is 0 Å². The summed E-state index contributed by atoms with van der Waals surface area (Å²) in [5, 5.41) is 11.1. The van der Waals surface area contributed by atoms with Crippen LogP contribution in [0.2, 0.25) is 0 Å². The maximum atomic E-state index is 11.1. The second-order valence-corrected chi connectivity index (χ2v) is 7.69.